The average Bonchev–Trinajstić information content (AvgIpc) is 3.87. The highest BCUT2D eigenvalue weighted by Crippen LogP contribution is 2.39. The van der Waals surface area contributed by atoms with E-state index >= 15 is 0 Å². The summed E-state index contributed by atoms with van der Waals surface area (Å²) >= 11 is 1.55. The predicted octanol–water partition coefficient (Wildman–Crippen LogP) is 8.55. The number of esters is 2. The number of ether oxygens (including phenoxy) is 2. The molecule has 2 saturated carbocycles. The summed E-state index contributed by atoms with van der Waals surface area (Å²) in [6, 6.07) is 14.4. The molecule has 8 rings (SSSR count). The smallest absolute Gasteiger partial charge is 0.311 e. The number of carbonyl (C=O) groups excluding carboxylic acids is 4. The van der Waals surface area contributed by atoms with Crippen LogP contribution in [0.3, 0.4) is 0 Å². The lowest BCUT2D eigenvalue weighted by molar-refractivity contribution is -0.144. The van der Waals surface area contributed by atoms with Crippen molar-refractivity contribution in [1.29, 1.82) is 0 Å². The minimum Gasteiger partial charge on any atom is -0.465 e. The van der Waals surface area contributed by atoms with E-state index < -0.39 is 12.1 Å². The molecule has 0 radical (unpaired) electrons. The number of hydrogen-bond acceptors (Lipinski definition) is 16. The summed E-state index contributed by atoms with van der Waals surface area (Å²) in [5.41, 5.74) is 7.93. The number of aliphatic hydroxyl groups excluding tert-OH is 1. The molecule has 2 amide bonds. The Hall–Kier alpha value is -4.82. The number of fused-ring (bicyclic) bond motifs is 2. The number of rotatable bonds is 24. The van der Waals surface area contributed by atoms with Crippen LogP contribution in [0.1, 0.15) is 120 Å². The van der Waals surface area contributed by atoms with Gasteiger partial charge in [-0.15, -0.1) is 11.8 Å². The maximum absolute atomic E-state index is 14.1. The molecule has 3 aliphatic carbocycles. The van der Waals surface area contributed by atoms with Gasteiger partial charge in [0.15, 0.2) is 17.0 Å². The molecule has 19 heteroatoms. The highest BCUT2D eigenvalue weighted by atomic mass is 33.1. The fourth-order valence-corrected chi connectivity index (χ4v) is 13.3. The zero-order chi connectivity index (χ0) is 51.5. The van der Waals surface area contributed by atoms with Gasteiger partial charge in [0.2, 0.25) is 11.9 Å². The van der Waals surface area contributed by atoms with Crippen LogP contribution < -0.4 is 26.4 Å². The molecule has 4 aliphatic rings. The van der Waals surface area contributed by atoms with Crippen molar-refractivity contribution in [2.45, 2.75) is 145 Å². The van der Waals surface area contributed by atoms with Crippen molar-refractivity contribution in [2.75, 3.05) is 48.0 Å². The van der Waals surface area contributed by atoms with E-state index in [4.69, 9.17) is 15.2 Å². The first-order valence-electron chi connectivity index (χ1n) is 26.1. The van der Waals surface area contributed by atoms with Crippen molar-refractivity contribution in [1.82, 2.24) is 35.1 Å². The molecule has 7 atom stereocenters. The molecule has 16 nitrogen and oxygen atoms in total. The Morgan fingerprint density at radius 1 is 0.904 bits per heavy atom. The first kappa shape index (κ1) is 54.4. The SMILES string of the molecule is Cc1c(OC(=O)CCCSSCCCC(=O)OC[C@@H]2C=C[C@H](n3cnc4c(NC5CC5)nc(N)nc43)C2)cccc1C(=O)N[C@@H](CSc1ccccc1)[C@H](O)CN1C[C@H]2CCCC[C@H]2C[C@H]1C(=O)NC(C)(C)C. The Bertz CT molecular complexity index is 2560. The third-order valence-electron chi connectivity index (χ3n) is 14.1. The van der Waals surface area contributed by atoms with E-state index in [1.54, 1.807) is 64.8 Å². The van der Waals surface area contributed by atoms with E-state index in [-0.39, 0.29) is 66.2 Å². The molecule has 0 unspecified atom stereocenters. The Morgan fingerprint density at radius 3 is 2.38 bits per heavy atom. The topological polar surface area (TPSA) is 216 Å². The number of aliphatic hydroxyl groups is 1. The summed E-state index contributed by atoms with van der Waals surface area (Å²) in [4.78, 5) is 70.1. The normalized spacial score (nSPS) is 21.8. The van der Waals surface area contributed by atoms with Crippen LogP contribution in [0.15, 0.2) is 71.9 Å². The van der Waals surface area contributed by atoms with Crippen LogP contribution in [-0.2, 0) is 19.1 Å². The Morgan fingerprint density at radius 2 is 1.64 bits per heavy atom. The van der Waals surface area contributed by atoms with Crippen LogP contribution >= 0.6 is 33.3 Å². The van der Waals surface area contributed by atoms with Crippen LogP contribution in [0.25, 0.3) is 11.2 Å². The summed E-state index contributed by atoms with van der Waals surface area (Å²) < 4.78 is 13.4. The number of amides is 2. The monoisotopic (exact) mass is 1060 g/mol. The fraction of sp³-hybridized carbons (Fsp3) is 0.574. The van der Waals surface area contributed by atoms with Crippen LogP contribution in [0, 0.1) is 24.7 Å². The van der Waals surface area contributed by atoms with E-state index in [0.717, 1.165) is 61.5 Å². The lowest BCUT2D eigenvalue weighted by atomic mass is 9.72. The molecule has 394 valence electrons. The van der Waals surface area contributed by atoms with E-state index in [2.05, 4.69) is 48.0 Å². The third-order valence-corrected chi connectivity index (χ3v) is 17.8. The Balaban J connectivity index is 0.748. The molecule has 2 aromatic carbocycles. The first-order valence-corrected chi connectivity index (χ1v) is 29.5. The molecule has 2 aromatic heterocycles. The summed E-state index contributed by atoms with van der Waals surface area (Å²) in [7, 11) is 3.32. The molecular weight excluding hydrogens is 983 g/mol. The molecule has 3 fully saturated rings. The summed E-state index contributed by atoms with van der Waals surface area (Å²) in [6.07, 6.45) is 15.2. The molecule has 3 heterocycles. The van der Waals surface area contributed by atoms with Gasteiger partial charge in [-0.1, -0.05) is 77.3 Å². The standard InChI is InChI=1S/C54H73N9O7S3/c1-34-41(51(67)58-42(32-71-40-15-6-5-7-16-40)44(64)30-62-29-37-14-9-8-13-36(37)28-43(62)52(68)61-54(2,3)4)17-10-18-45(34)70-47(66)20-12-26-73-72-25-11-19-46(65)69-31-35-21-24-39(27-35)63-33-56-48-49(57-38-22-23-38)59-53(55)60-50(48)63/h5-7,10,15-18,21,24,33,35-39,42-44,64H,8-9,11-14,19-20,22-23,25-32H2,1-4H3,(H,58,67)(H,61,68)(H3,55,57,59,60)/t35-,36+,37-,39+,42+,43+,44-/m1/s1. The number of hydrogen-bond donors (Lipinski definition) is 5. The molecule has 1 saturated heterocycles. The fourth-order valence-electron chi connectivity index (χ4n) is 10.1. The predicted molar refractivity (Wildman–Crippen MR) is 292 cm³/mol. The number of nitrogens with two attached hydrogens (primary N) is 1. The van der Waals surface area contributed by atoms with Crippen molar-refractivity contribution >= 4 is 80.0 Å². The lowest BCUT2D eigenvalue weighted by Crippen LogP contribution is -2.60. The van der Waals surface area contributed by atoms with Crippen LogP contribution in [0.4, 0.5) is 11.8 Å². The number of nitrogen functional groups attached to an aromatic ring is 1. The second kappa shape index (κ2) is 25.6. The molecular formula is C54H73N9O7S3. The van der Waals surface area contributed by atoms with Gasteiger partial charge in [0.05, 0.1) is 37.2 Å². The zero-order valence-corrected chi connectivity index (χ0v) is 45.1. The number of nitrogens with one attached hydrogen (secondary N) is 3. The number of piperidine rings is 1. The van der Waals surface area contributed by atoms with Gasteiger partial charge in [-0.2, -0.15) is 9.97 Å². The maximum atomic E-state index is 14.1. The minimum absolute atomic E-state index is 0.0156. The molecule has 6 N–H and O–H groups in total. The van der Waals surface area contributed by atoms with E-state index in [0.29, 0.717) is 83.4 Å². The summed E-state index contributed by atoms with van der Waals surface area (Å²) in [5.74, 6) is 3.18. The van der Waals surface area contributed by atoms with Gasteiger partial charge in [-0.05, 0) is 109 Å². The molecule has 73 heavy (non-hydrogen) atoms. The number of benzene rings is 2. The number of carbonyl (C=O) groups is 4. The number of likely N-dealkylation sites (tertiary alicyclic amines) is 1. The second-order valence-corrected chi connectivity index (χ2v) is 24.9. The first-order chi connectivity index (χ1) is 35.2. The van der Waals surface area contributed by atoms with Crippen molar-refractivity contribution in [3.8, 4) is 5.75 Å². The number of allylic oxidation sites excluding steroid dienone is 1. The van der Waals surface area contributed by atoms with Crippen molar-refractivity contribution in [3.63, 3.8) is 0 Å². The summed E-state index contributed by atoms with van der Waals surface area (Å²) in [6.45, 7) is 9.02. The Labute approximate surface area is 441 Å². The van der Waals surface area contributed by atoms with E-state index in [1.165, 1.54) is 12.8 Å². The average molecular weight is 1060 g/mol. The number of β-amino-alcohol motifs (C(OH)–C–C–N with tert-alkyl or cyclic N) is 1. The highest BCUT2D eigenvalue weighted by Gasteiger charge is 2.42. The van der Waals surface area contributed by atoms with E-state index in [1.807, 2.05) is 55.7 Å². The van der Waals surface area contributed by atoms with Gasteiger partial charge in [0, 0.05) is 76.7 Å². The van der Waals surface area contributed by atoms with E-state index in [9.17, 15) is 24.3 Å². The maximum Gasteiger partial charge on any atom is 0.311 e. The van der Waals surface area contributed by atoms with Gasteiger partial charge >= 0.3 is 11.9 Å². The lowest BCUT2D eigenvalue weighted by Gasteiger charge is -2.47. The number of anilines is 2. The number of imidazole rings is 1. The number of thioether (sulfide) groups is 1. The van der Waals surface area contributed by atoms with Gasteiger partial charge in [0.25, 0.3) is 5.91 Å². The highest BCUT2D eigenvalue weighted by molar-refractivity contribution is 8.76. The van der Waals surface area contributed by atoms with Crippen molar-refractivity contribution in [2.24, 2.45) is 17.8 Å². The van der Waals surface area contributed by atoms with Gasteiger partial charge < -0.3 is 40.8 Å². The summed E-state index contributed by atoms with van der Waals surface area (Å²) in [5, 5.41) is 21.7. The van der Waals surface area contributed by atoms with Crippen molar-refractivity contribution in [3.05, 3.63) is 78.1 Å². The van der Waals surface area contributed by atoms with Crippen LogP contribution in [0.2, 0.25) is 0 Å². The Kier molecular flexibility index (Phi) is 19.1. The van der Waals surface area contributed by atoms with Gasteiger partial charge in [-0.3, -0.25) is 24.1 Å². The number of aromatic nitrogens is 4. The molecule has 0 spiro atoms. The zero-order valence-electron chi connectivity index (χ0n) is 42.6. The minimum atomic E-state index is -0.962. The van der Waals surface area contributed by atoms with Crippen LogP contribution in [-0.4, -0.2) is 120 Å². The van der Waals surface area contributed by atoms with Crippen molar-refractivity contribution < 1.29 is 33.8 Å². The van der Waals surface area contributed by atoms with Gasteiger partial charge in [0.1, 0.15) is 5.75 Å². The molecule has 0 bridgehead atoms. The molecule has 1 aliphatic heterocycles. The number of nitrogens with zero attached hydrogens (tertiary/aromatic N) is 5. The largest absolute Gasteiger partial charge is 0.465 e. The van der Waals surface area contributed by atoms with Gasteiger partial charge in [-0.25, -0.2) is 4.98 Å². The second-order valence-electron chi connectivity index (χ2n) is 21.1. The molecule has 4 aromatic rings. The van der Waals surface area contributed by atoms with Crippen LogP contribution in [0.5, 0.6) is 5.75 Å². The third kappa shape index (κ3) is 15.6. The quantitative estimate of drug-likeness (QED) is 0.0111.